The maximum Gasteiger partial charge on any atom is 0.231 e. The van der Waals surface area contributed by atoms with Crippen LogP contribution < -0.4 is 9.47 Å². The van der Waals surface area contributed by atoms with Gasteiger partial charge < -0.3 is 9.47 Å². The van der Waals surface area contributed by atoms with Crippen LogP contribution in [-0.4, -0.2) is 6.79 Å². The van der Waals surface area contributed by atoms with E-state index in [9.17, 15) is 0 Å². The van der Waals surface area contributed by atoms with Crippen LogP contribution in [0.5, 0.6) is 11.5 Å². The number of hydrogen-bond donors (Lipinski definition) is 0. The van der Waals surface area contributed by atoms with Crippen LogP contribution in [0, 0.1) is 0 Å². The fraction of sp³-hybridized carbons (Fsp3) is 0.333. The normalized spacial score (nSPS) is 13.4. The van der Waals surface area contributed by atoms with E-state index in [-0.39, 0.29) is 0 Å². The Labute approximate surface area is 93.5 Å². The topological polar surface area (TPSA) is 18.5 Å². The summed E-state index contributed by atoms with van der Waals surface area (Å²) in [5, 5.41) is 1.59. The molecular weight excluding hydrogens is 300 g/mol. The van der Waals surface area contributed by atoms with Gasteiger partial charge in [-0.3, -0.25) is 0 Å². The van der Waals surface area contributed by atoms with Crippen LogP contribution in [-0.2, 0) is 10.7 Å². The van der Waals surface area contributed by atoms with Crippen molar-refractivity contribution < 1.29 is 9.47 Å². The van der Waals surface area contributed by atoms with Crippen LogP contribution in [0.2, 0.25) is 0 Å². The van der Waals surface area contributed by atoms with Crippen molar-refractivity contribution in [3.05, 3.63) is 23.3 Å². The van der Waals surface area contributed by atoms with Gasteiger partial charge in [0.2, 0.25) is 6.79 Å². The first-order chi connectivity index (χ1) is 6.36. The maximum absolute atomic E-state index is 5.39. The first kappa shape index (κ1) is 9.34. The zero-order valence-electron chi connectivity index (χ0n) is 6.85. The second-order valence-corrected chi connectivity index (χ2v) is 3.84. The van der Waals surface area contributed by atoms with E-state index in [1.54, 1.807) is 0 Å². The van der Waals surface area contributed by atoms with Gasteiger partial charge in [0.15, 0.2) is 11.5 Å². The zero-order valence-corrected chi connectivity index (χ0v) is 10.0. The van der Waals surface area contributed by atoms with Gasteiger partial charge in [0.25, 0.3) is 0 Å². The lowest BCUT2D eigenvalue weighted by atomic mass is 10.1. The molecule has 1 aromatic rings. The molecule has 0 fully saturated rings. The molecule has 1 aromatic carbocycles. The molecule has 2 nitrogen and oxygen atoms in total. The number of rotatable bonds is 2. The largest absolute Gasteiger partial charge is 0.453 e. The van der Waals surface area contributed by atoms with E-state index in [2.05, 4.69) is 44.0 Å². The molecule has 0 atom stereocenters. The molecule has 0 aliphatic carbocycles. The van der Waals surface area contributed by atoms with Gasteiger partial charge in [0.05, 0.1) is 0 Å². The Morgan fingerprint density at radius 2 is 1.46 bits per heavy atom. The molecule has 0 saturated heterocycles. The average Bonchev–Trinajstić information content (AvgIpc) is 2.64. The van der Waals surface area contributed by atoms with Crippen molar-refractivity contribution in [2.75, 3.05) is 6.79 Å². The minimum atomic E-state index is 0.333. The first-order valence-corrected chi connectivity index (χ1v) is 6.13. The number of benzene rings is 1. The maximum atomic E-state index is 5.39. The third kappa shape index (κ3) is 1.57. The predicted molar refractivity (Wildman–Crippen MR) is 57.8 cm³/mol. The first-order valence-electron chi connectivity index (χ1n) is 3.89. The summed E-state index contributed by atoms with van der Waals surface area (Å²) in [5.74, 6) is 1.77. The lowest BCUT2D eigenvalue weighted by Crippen LogP contribution is -1.94. The van der Waals surface area contributed by atoms with Gasteiger partial charge in [-0.25, -0.2) is 0 Å². The highest BCUT2D eigenvalue weighted by Crippen LogP contribution is 2.40. The molecule has 0 amide bonds. The molecule has 1 aliphatic rings. The molecule has 1 aliphatic heterocycles. The molecule has 13 heavy (non-hydrogen) atoms. The Bertz CT molecular complexity index is 295. The standard InChI is InChI=1S/C9H8Br2O2/c10-3-6-1-2-7(4-11)9-8(6)12-5-13-9/h1-2H,3-5H2. The van der Waals surface area contributed by atoms with Crippen LogP contribution in [0.15, 0.2) is 12.1 Å². The second kappa shape index (κ2) is 3.88. The summed E-state index contributed by atoms with van der Waals surface area (Å²) in [6.45, 7) is 0.333. The Balaban J connectivity index is 2.52. The molecule has 1 heterocycles. The van der Waals surface area contributed by atoms with Gasteiger partial charge in [0, 0.05) is 21.8 Å². The Hall–Kier alpha value is -0.220. The Kier molecular flexibility index (Phi) is 2.79. The quantitative estimate of drug-likeness (QED) is 0.781. The molecule has 2 rings (SSSR count). The molecule has 0 saturated carbocycles. The number of ether oxygens (including phenoxy) is 2. The lowest BCUT2D eigenvalue weighted by Gasteiger charge is -2.05. The number of fused-ring (bicyclic) bond motifs is 1. The van der Waals surface area contributed by atoms with Crippen LogP contribution in [0.25, 0.3) is 0 Å². The van der Waals surface area contributed by atoms with Crippen molar-refractivity contribution in [3.63, 3.8) is 0 Å². The van der Waals surface area contributed by atoms with Crippen LogP contribution in [0.4, 0.5) is 0 Å². The minimum Gasteiger partial charge on any atom is -0.453 e. The SMILES string of the molecule is BrCc1ccc(CBr)c2c1OCO2. The van der Waals surface area contributed by atoms with Crippen molar-refractivity contribution >= 4 is 31.9 Å². The van der Waals surface area contributed by atoms with Crippen LogP contribution in [0.1, 0.15) is 11.1 Å². The van der Waals surface area contributed by atoms with Crippen LogP contribution >= 0.6 is 31.9 Å². The lowest BCUT2D eigenvalue weighted by molar-refractivity contribution is 0.173. The second-order valence-electron chi connectivity index (χ2n) is 2.72. The van der Waals surface area contributed by atoms with E-state index in [4.69, 9.17) is 9.47 Å². The van der Waals surface area contributed by atoms with Crippen molar-refractivity contribution in [1.82, 2.24) is 0 Å². The van der Waals surface area contributed by atoms with Gasteiger partial charge in [-0.1, -0.05) is 44.0 Å². The van der Waals surface area contributed by atoms with Crippen molar-refractivity contribution in [3.8, 4) is 11.5 Å². The summed E-state index contributed by atoms with van der Waals surface area (Å²) in [6.07, 6.45) is 0. The van der Waals surface area contributed by atoms with Crippen LogP contribution in [0.3, 0.4) is 0 Å². The number of hydrogen-bond acceptors (Lipinski definition) is 2. The van der Waals surface area contributed by atoms with Crippen molar-refractivity contribution in [2.45, 2.75) is 10.7 Å². The molecule has 70 valence electrons. The number of alkyl halides is 2. The van der Waals surface area contributed by atoms with Gasteiger partial charge in [0.1, 0.15) is 0 Å². The number of halogens is 2. The van der Waals surface area contributed by atoms with E-state index < -0.39 is 0 Å². The summed E-state index contributed by atoms with van der Waals surface area (Å²) in [7, 11) is 0. The fourth-order valence-corrected chi connectivity index (χ4v) is 2.20. The van der Waals surface area contributed by atoms with E-state index in [1.165, 1.54) is 0 Å². The molecule has 0 bridgehead atoms. The molecule has 0 N–H and O–H groups in total. The van der Waals surface area contributed by atoms with Gasteiger partial charge in [-0.2, -0.15) is 0 Å². The Morgan fingerprint density at radius 1 is 1.00 bits per heavy atom. The summed E-state index contributed by atoms with van der Waals surface area (Å²) in [5.41, 5.74) is 2.27. The minimum absolute atomic E-state index is 0.333. The zero-order chi connectivity index (χ0) is 9.26. The van der Waals surface area contributed by atoms with E-state index in [0.717, 1.165) is 33.3 Å². The molecule has 0 spiro atoms. The van der Waals surface area contributed by atoms with Gasteiger partial charge in [-0.15, -0.1) is 0 Å². The summed E-state index contributed by atoms with van der Waals surface area (Å²) < 4.78 is 10.8. The highest BCUT2D eigenvalue weighted by Gasteiger charge is 2.20. The van der Waals surface area contributed by atoms with E-state index >= 15 is 0 Å². The molecule has 0 aromatic heterocycles. The summed E-state index contributed by atoms with van der Waals surface area (Å²) in [6, 6.07) is 4.11. The van der Waals surface area contributed by atoms with Gasteiger partial charge in [-0.05, 0) is 0 Å². The Morgan fingerprint density at radius 3 is 1.85 bits per heavy atom. The summed E-state index contributed by atoms with van der Waals surface area (Å²) in [4.78, 5) is 0. The third-order valence-electron chi connectivity index (χ3n) is 1.97. The smallest absolute Gasteiger partial charge is 0.231 e. The van der Waals surface area contributed by atoms with Crippen molar-refractivity contribution in [1.29, 1.82) is 0 Å². The monoisotopic (exact) mass is 306 g/mol. The van der Waals surface area contributed by atoms with E-state index in [1.807, 2.05) is 0 Å². The highest BCUT2D eigenvalue weighted by molar-refractivity contribution is 9.08. The molecule has 0 radical (unpaired) electrons. The molecule has 4 heteroatoms. The van der Waals surface area contributed by atoms with E-state index in [0.29, 0.717) is 6.79 Å². The highest BCUT2D eigenvalue weighted by atomic mass is 79.9. The molecular formula is C9H8Br2O2. The third-order valence-corrected chi connectivity index (χ3v) is 3.18. The predicted octanol–water partition coefficient (Wildman–Crippen LogP) is 3.21. The summed E-state index contributed by atoms with van der Waals surface area (Å²) >= 11 is 6.82. The average molecular weight is 308 g/mol. The molecule has 0 unspecified atom stereocenters. The fourth-order valence-electron chi connectivity index (χ4n) is 1.32. The van der Waals surface area contributed by atoms with Gasteiger partial charge >= 0.3 is 0 Å². The van der Waals surface area contributed by atoms with Crippen molar-refractivity contribution in [2.24, 2.45) is 0 Å².